The number of amides is 14. The Kier molecular flexibility index (Phi) is 52.6. The lowest BCUT2D eigenvalue weighted by Crippen LogP contribution is -2.61. The largest absolute Gasteiger partial charge is 0.508 e. The number of nitrogens with zero attached hydrogens (tertiary/aromatic N) is 1. The van der Waals surface area contributed by atoms with E-state index in [0.717, 1.165) is 27.0 Å². The number of phenols is 2. The first-order valence-electron chi connectivity index (χ1n) is 46.1. The maximum Gasteiger partial charge on any atom is 0.326 e. The molecule has 14 amide bonds. The highest BCUT2D eigenvalue weighted by molar-refractivity contribution is 8.76. The number of nitrogens with two attached hydrogens (primary N) is 10. The zero-order valence-corrected chi connectivity index (χ0v) is 80.0. The minimum absolute atomic E-state index is 0.00730. The third-order valence-corrected chi connectivity index (χ3v) is 24.4. The first-order chi connectivity index (χ1) is 66.7. The van der Waals surface area contributed by atoms with Crippen LogP contribution in [0.5, 0.6) is 11.5 Å². The van der Waals surface area contributed by atoms with Gasteiger partial charge in [-0.2, -0.15) is 0 Å². The fourth-order valence-electron chi connectivity index (χ4n) is 14.4. The molecule has 1 aliphatic heterocycles. The molecule has 0 bridgehead atoms. The van der Waals surface area contributed by atoms with Gasteiger partial charge >= 0.3 is 12.0 Å². The van der Waals surface area contributed by atoms with Crippen LogP contribution in [0.25, 0.3) is 10.8 Å². The summed E-state index contributed by atoms with van der Waals surface area (Å²) in [5.41, 5.74) is 58.4. The Morgan fingerprint density at radius 1 is 0.436 bits per heavy atom. The second-order valence-electron chi connectivity index (χ2n) is 33.5. The van der Waals surface area contributed by atoms with Gasteiger partial charge in [-0.3, -0.25) is 84.2 Å². The number of unbranched alkanes of at least 4 members (excludes halogenated alkanes) is 2. The molecule has 0 aliphatic carbocycles. The second-order valence-corrected chi connectivity index (χ2v) is 36.0. The molecule has 44 N–H and O–H groups in total. The Bertz CT molecular complexity index is 4850. The van der Waals surface area contributed by atoms with Crippen molar-refractivity contribution in [2.75, 3.05) is 63.9 Å². The van der Waals surface area contributed by atoms with Gasteiger partial charge in [0.05, 0.1) is 12.0 Å². The van der Waals surface area contributed by atoms with E-state index in [9.17, 15) is 34.5 Å². The first kappa shape index (κ1) is 116. The van der Waals surface area contributed by atoms with E-state index < -0.39 is 209 Å². The fraction of sp³-hybridized carbons (Fsp3) is 0.517. The van der Waals surface area contributed by atoms with Gasteiger partial charge in [0.1, 0.15) is 78.0 Å². The second kappa shape index (κ2) is 63.3. The molecule has 1 heterocycles. The Morgan fingerprint density at radius 3 is 1.36 bits per heavy atom. The number of hydrogen-bond donors (Lipinski definition) is 34. The molecular formula is C89H140N32O17S2. The number of guanidine groups is 5. The Balaban J connectivity index is 1.84. The van der Waals surface area contributed by atoms with E-state index in [-0.39, 0.29) is 179 Å². The minimum atomic E-state index is -1.88. The van der Waals surface area contributed by atoms with E-state index in [4.69, 9.17) is 79.0 Å². The number of carbonyl (C=O) groups is 14. The summed E-state index contributed by atoms with van der Waals surface area (Å²) in [5, 5.41) is 110. The molecular weight excluding hydrogens is 1850 g/mol. The maximum absolute atomic E-state index is 16.0. The smallest absolute Gasteiger partial charge is 0.326 e. The molecule has 0 aromatic heterocycles. The third-order valence-electron chi connectivity index (χ3n) is 22.0. The molecule has 0 fully saturated rings. The SMILES string of the molecule is C[C@H]1C=C[C@@H](CCCCN)NC(=O)[C@H](CCCCN)NC(=O)[C@@H](CCCNC(=N)N)NC(=O)[C@H](Cc2ccc(O)cc2)NC(=O)[C@@H](NC(=O)[C@H](Cc2ccc3ccccc3c2)NC(=O)[C@H](CCCNC(=N)N)NC(=O)[C@@H](N)CCCN=C(N)N)CSSC[C@@H](C(=O)N[C@@H](CCCNC(=N)N)C(=O)O)NC(=O)C(CCCNC(N)=O)NC(=O)[C@@H](CCCNC(=N)N)NC(=O)[C@H](Cc2ccc(O)cc2)NC1=O. The van der Waals surface area contributed by atoms with E-state index in [2.05, 4.69) is 95.4 Å². The molecule has 0 saturated carbocycles. The van der Waals surface area contributed by atoms with Crippen molar-refractivity contribution in [2.45, 2.75) is 220 Å². The highest BCUT2D eigenvalue weighted by atomic mass is 33.1. The van der Waals surface area contributed by atoms with E-state index in [1.54, 1.807) is 42.5 Å². The normalized spacial score (nSPS) is 19.9. The summed E-state index contributed by atoms with van der Waals surface area (Å²) < 4.78 is 0. The van der Waals surface area contributed by atoms with Crippen molar-refractivity contribution in [1.82, 2.24) is 90.4 Å². The topological polar surface area (TPSA) is 872 Å². The van der Waals surface area contributed by atoms with Crippen LogP contribution in [-0.4, -0.2) is 270 Å². The number of benzene rings is 4. The van der Waals surface area contributed by atoms with E-state index in [0.29, 0.717) is 41.3 Å². The summed E-state index contributed by atoms with van der Waals surface area (Å²) >= 11 is 0. The summed E-state index contributed by atoms with van der Waals surface area (Å²) in [7, 11) is 1.50. The molecule has 14 atom stereocenters. The van der Waals surface area contributed by atoms with Crippen molar-refractivity contribution in [3.63, 3.8) is 0 Å². The van der Waals surface area contributed by atoms with Crippen LogP contribution >= 0.6 is 21.6 Å². The van der Waals surface area contributed by atoms with Crippen LogP contribution in [0.2, 0.25) is 0 Å². The molecule has 0 saturated heterocycles. The molecule has 4 aromatic carbocycles. The van der Waals surface area contributed by atoms with Crippen LogP contribution in [0.1, 0.15) is 139 Å². The summed E-state index contributed by atoms with van der Waals surface area (Å²) in [6.45, 7) is 1.70. The van der Waals surface area contributed by atoms with E-state index >= 15 is 47.9 Å². The van der Waals surface area contributed by atoms with Gasteiger partial charge in [0, 0.05) is 76.1 Å². The van der Waals surface area contributed by atoms with Gasteiger partial charge in [-0.05, 0) is 180 Å². The molecule has 5 rings (SSSR count). The minimum Gasteiger partial charge on any atom is -0.508 e. The van der Waals surface area contributed by atoms with Crippen molar-refractivity contribution in [2.24, 2.45) is 68.2 Å². The van der Waals surface area contributed by atoms with Crippen LogP contribution in [-0.2, 0) is 81.6 Å². The van der Waals surface area contributed by atoms with Gasteiger partial charge in [0.2, 0.25) is 70.9 Å². The summed E-state index contributed by atoms with van der Waals surface area (Å²) in [6.07, 6.45) is 2.59. The van der Waals surface area contributed by atoms with E-state index in [1.165, 1.54) is 61.5 Å². The molecule has 770 valence electrons. The Morgan fingerprint density at radius 2 is 0.864 bits per heavy atom. The van der Waals surface area contributed by atoms with Gasteiger partial charge in [-0.15, -0.1) is 0 Å². The molecule has 0 spiro atoms. The number of rotatable bonds is 47. The Hall–Kier alpha value is -14.2. The van der Waals surface area contributed by atoms with Gasteiger partial charge < -0.3 is 163 Å². The van der Waals surface area contributed by atoms with Gasteiger partial charge in [0.25, 0.3) is 0 Å². The molecule has 51 heteroatoms. The molecule has 49 nitrogen and oxygen atoms in total. The standard InChI is InChI=1S/C89H140N32O17S2/c1-50-24-31-56(16-4-6-36-90)110-73(126)60(18-5-7-37-91)112-74(127)62(20-10-40-106-86(97)98)115-79(132)67(46-52-28-34-58(123)35-29-52)119-82(135)70(121-80(133)68(47-53-25-30-54-14-2-3-15-55(54)44-53)118-76(129)61(19-9-39-105-85(95)96)111-72(125)59(92)17-8-38-104-84(93)94)49-140-139-48-69(81(134)116-65(83(136)137)23-13-42-108-88(101)102)120-77(130)64(22-12-43-109-89(103)138)113-75(128)63(21-11-41-107-87(99)100)114-78(131)66(117-71(50)124)45-51-26-32-57(122)33-27-51/h2-3,14-15,24-35,44,50,56,59-70,122-123H,4-13,16-23,36-43,45-49,90-92H2,1H3,(H,110,126)(H,111,125)(H,112,127)(H,113,128)(H,114,131)(H,115,132)(H,116,134)(H,117,124)(H,118,129)(H,119,135)(H,120,130)(H,121,133)(H,136,137)(H4,93,94,104)(H4,95,96,105)(H4,97,98,106)(H4,99,100,107)(H4,101,102,108)(H3,103,109,138)/t50-,56+,59-,60-,61-,62+,63+,64?,65-,66-,67-,68-,69-,70-/m0/s1. The summed E-state index contributed by atoms with van der Waals surface area (Å²) in [4.78, 5) is 212. The number of phenolic OH excluding ortho intramolecular Hbond substituents is 2. The van der Waals surface area contributed by atoms with Crippen LogP contribution in [0.15, 0.2) is 108 Å². The average molecular weight is 1990 g/mol. The number of aliphatic imine (C=N–C) groups is 1. The van der Waals surface area contributed by atoms with Crippen molar-refractivity contribution < 1.29 is 82.4 Å². The molecule has 140 heavy (non-hydrogen) atoms. The number of aliphatic carboxylic acids is 1. The molecule has 0 radical (unpaired) electrons. The van der Waals surface area contributed by atoms with Gasteiger partial charge in [-0.1, -0.05) is 107 Å². The lowest BCUT2D eigenvalue weighted by atomic mass is 10.00. The first-order valence-corrected chi connectivity index (χ1v) is 48.6. The fourth-order valence-corrected chi connectivity index (χ4v) is 16.7. The number of hydrogen-bond acceptors (Lipinski definition) is 26. The number of carboxylic acids is 1. The number of carbonyl (C=O) groups excluding carboxylic acids is 13. The summed E-state index contributed by atoms with van der Waals surface area (Å²) in [5.74, 6) is -17.9. The zero-order chi connectivity index (χ0) is 103. The monoisotopic (exact) mass is 1990 g/mol. The lowest BCUT2D eigenvalue weighted by molar-refractivity contribution is -0.142. The van der Waals surface area contributed by atoms with Crippen molar-refractivity contribution in [1.29, 1.82) is 21.6 Å². The number of carboxylic acid groups (broad SMARTS) is 1. The number of primary amides is 1. The van der Waals surface area contributed by atoms with Gasteiger partial charge in [-0.25, -0.2) is 9.59 Å². The zero-order valence-electron chi connectivity index (χ0n) is 78.4. The van der Waals surface area contributed by atoms with E-state index in [1.807, 2.05) is 6.07 Å². The predicted octanol–water partition coefficient (Wildman–Crippen LogP) is -5.09. The lowest BCUT2D eigenvalue weighted by Gasteiger charge is -2.28. The highest BCUT2D eigenvalue weighted by Gasteiger charge is 2.38. The number of fused-ring (bicyclic) bond motifs is 1. The van der Waals surface area contributed by atoms with Gasteiger partial charge in [0.15, 0.2) is 29.8 Å². The van der Waals surface area contributed by atoms with Crippen LogP contribution in [0.4, 0.5) is 4.79 Å². The number of nitrogens with one attached hydrogen (secondary N) is 21. The number of aromatic hydroxyl groups is 2. The Labute approximate surface area is 819 Å². The summed E-state index contributed by atoms with van der Waals surface area (Å²) in [6, 6.07) is 2.14. The molecule has 4 aromatic rings. The van der Waals surface area contributed by atoms with Crippen LogP contribution in [0.3, 0.4) is 0 Å². The molecule has 1 unspecified atom stereocenters. The van der Waals surface area contributed by atoms with Crippen molar-refractivity contribution >= 4 is 145 Å². The maximum atomic E-state index is 16.0. The highest BCUT2D eigenvalue weighted by Crippen LogP contribution is 2.26. The van der Waals surface area contributed by atoms with Crippen LogP contribution < -0.4 is 148 Å². The number of urea groups is 1. The molecule has 1 aliphatic rings. The van der Waals surface area contributed by atoms with Crippen molar-refractivity contribution in [3.8, 4) is 11.5 Å². The van der Waals surface area contributed by atoms with Crippen LogP contribution in [0, 0.1) is 27.6 Å². The quantitative estimate of drug-likeness (QED) is 0.00647. The predicted molar refractivity (Wildman–Crippen MR) is 532 cm³/mol. The average Bonchev–Trinajstić information content (AvgIpc) is 0.821. The van der Waals surface area contributed by atoms with Crippen molar-refractivity contribution in [3.05, 3.63) is 120 Å². The third kappa shape index (κ3) is 45.8.